The molecule has 6 nitrogen and oxygen atoms in total. The van der Waals surface area contributed by atoms with Gasteiger partial charge in [-0.05, 0) is 42.3 Å². The highest BCUT2D eigenvalue weighted by atomic mass is 32.2. The Morgan fingerprint density at radius 1 is 0.909 bits per heavy atom. The van der Waals surface area contributed by atoms with Crippen molar-refractivity contribution in [2.45, 2.75) is 31.6 Å². The van der Waals surface area contributed by atoms with E-state index in [9.17, 15) is 8.42 Å². The standard InChI is InChI=1S/C26H29N3O3S/c1-4-28(5-2)33(30,31)21-16-17-23-22(19-21)27-26(18-15-20-11-7-6-8-12-20)29(23)24-13-9-10-14-25(24)32-3/h6-14,16-17,19H,4-5,15,18H2,1-3H3. The van der Waals surface area contributed by atoms with Crippen molar-refractivity contribution in [1.82, 2.24) is 13.9 Å². The second kappa shape index (κ2) is 9.77. The fraction of sp³-hybridized carbons (Fsp3) is 0.269. The van der Waals surface area contributed by atoms with Gasteiger partial charge in [-0.15, -0.1) is 0 Å². The molecule has 0 radical (unpaired) electrons. The Morgan fingerprint density at radius 2 is 1.61 bits per heavy atom. The molecule has 0 aliphatic carbocycles. The Bertz CT molecular complexity index is 1340. The molecule has 0 atom stereocenters. The summed E-state index contributed by atoms with van der Waals surface area (Å²) < 4.78 is 35.3. The minimum Gasteiger partial charge on any atom is -0.495 e. The second-order valence-corrected chi connectivity index (χ2v) is 9.70. The largest absolute Gasteiger partial charge is 0.495 e. The molecule has 4 aromatic rings. The molecule has 172 valence electrons. The first kappa shape index (κ1) is 23.0. The van der Waals surface area contributed by atoms with E-state index in [2.05, 4.69) is 16.7 Å². The normalized spacial score (nSPS) is 11.9. The molecule has 33 heavy (non-hydrogen) atoms. The highest BCUT2D eigenvalue weighted by Crippen LogP contribution is 2.30. The predicted octanol–water partition coefficient (Wildman–Crippen LogP) is 4.85. The van der Waals surface area contributed by atoms with Gasteiger partial charge in [-0.25, -0.2) is 13.4 Å². The van der Waals surface area contributed by atoms with Crippen molar-refractivity contribution in [2.75, 3.05) is 20.2 Å². The SMILES string of the molecule is CCN(CC)S(=O)(=O)c1ccc2c(c1)nc(CCc1ccccc1)n2-c1ccccc1OC. The van der Waals surface area contributed by atoms with Gasteiger partial charge >= 0.3 is 0 Å². The lowest BCUT2D eigenvalue weighted by Crippen LogP contribution is -2.30. The molecule has 1 aromatic heterocycles. The number of benzene rings is 3. The molecule has 4 rings (SSSR count). The third-order valence-electron chi connectivity index (χ3n) is 5.84. The molecule has 0 amide bonds. The molecule has 0 unspecified atom stereocenters. The summed E-state index contributed by atoms with van der Waals surface area (Å²) in [7, 11) is -1.92. The van der Waals surface area contributed by atoms with E-state index in [4.69, 9.17) is 9.72 Å². The van der Waals surface area contributed by atoms with Gasteiger partial charge in [-0.3, -0.25) is 4.57 Å². The van der Waals surface area contributed by atoms with Crippen LogP contribution in [0.1, 0.15) is 25.2 Å². The van der Waals surface area contributed by atoms with E-state index in [0.717, 1.165) is 29.2 Å². The van der Waals surface area contributed by atoms with Crippen LogP contribution < -0.4 is 4.74 Å². The number of aryl methyl sites for hydroxylation is 2. The Labute approximate surface area is 195 Å². The lowest BCUT2D eigenvalue weighted by molar-refractivity contribution is 0.413. The Kier molecular flexibility index (Phi) is 6.81. The summed E-state index contributed by atoms with van der Waals surface area (Å²) in [6, 6.07) is 23.3. The summed E-state index contributed by atoms with van der Waals surface area (Å²) in [4.78, 5) is 5.15. The molecule has 1 heterocycles. The Balaban J connectivity index is 1.85. The highest BCUT2D eigenvalue weighted by molar-refractivity contribution is 7.89. The van der Waals surface area contributed by atoms with Crippen LogP contribution in [-0.2, 0) is 22.9 Å². The van der Waals surface area contributed by atoms with Crippen LogP contribution in [0.5, 0.6) is 5.75 Å². The Hall–Kier alpha value is -3.16. The van der Waals surface area contributed by atoms with E-state index in [0.29, 0.717) is 25.0 Å². The number of rotatable bonds is 9. The predicted molar refractivity (Wildman–Crippen MR) is 132 cm³/mol. The van der Waals surface area contributed by atoms with Crippen molar-refractivity contribution in [3.05, 3.63) is 84.2 Å². The number of aromatic nitrogens is 2. The first-order valence-electron chi connectivity index (χ1n) is 11.2. The van der Waals surface area contributed by atoms with Gasteiger partial charge in [0.05, 0.1) is 28.7 Å². The number of para-hydroxylation sites is 2. The number of imidazole rings is 1. The monoisotopic (exact) mass is 463 g/mol. The highest BCUT2D eigenvalue weighted by Gasteiger charge is 2.24. The molecule has 0 saturated carbocycles. The number of methoxy groups -OCH3 is 1. The molecule has 7 heteroatoms. The van der Waals surface area contributed by atoms with E-state index >= 15 is 0 Å². The van der Waals surface area contributed by atoms with Crippen LogP contribution in [0.25, 0.3) is 16.7 Å². The topological polar surface area (TPSA) is 64.4 Å². The van der Waals surface area contributed by atoms with Crippen LogP contribution in [0.4, 0.5) is 0 Å². The third-order valence-corrected chi connectivity index (χ3v) is 7.89. The van der Waals surface area contributed by atoms with Gasteiger partial charge in [-0.2, -0.15) is 4.31 Å². The van der Waals surface area contributed by atoms with E-state index in [1.165, 1.54) is 9.87 Å². The fourth-order valence-electron chi connectivity index (χ4n) is 4.13. The molecular weight excluding hydrogens is 434 g/mol. The van der Waals surface area contributed by atoms with E-state index < -0.39 is 10.0 Å². The molecule has 0 aliphatic heterocycles. The average molecular weight is 464 g/mol. The number of hydrogen-bond donors (Lipinski definition) is 0. The van der Waals surface area contributed by atoms with Crippen LogP contribution in [0.2, 0.25) is 0 Å². The summed E-state index contributed by atoms with van der Waals surface area (Å²) in [5.41, 5.74) is 3.60. The number of nitrogens with zero attached hydrogens (tertiary/aromatic N) is 3. The van der Waals surface area contributed by atoms with Crippen molar-refractivity contribution in [3.63, 3.8) is 0 Å². The molecule has 0 N–H and O–H groups in total. The van der Waals surface area contributed by atoms with Gasteiger partial charge in [0.2, 0.25) is 10.0 Å². The lowest BCUT2D eigenvalue weighted by atomic mass is 10.1. The summed E-state index contributed by atoms with van der Waals surface area (Å²) in [5, 5.41) is 0. The van der Waals surface area contributed by atoms with Crippen LogP contribution in [-0.4, -0.2) is 42.5 Å². The molecular formula is C26H29N3O3S. The minimum atomic E-state index is -3.57. The third kappa shape index (κ3) is 4.51. The number of ether oxygens (including phenoxy) is 1. The Morgan fingerprint density at radius 3 is 2.30 bits per heavy atom. The first-order chi connectivity index (χ1) is 16.0. The van der Waals surface area contributed by atoms with Crippen molar-refractivity contribution in [2.24, 2.45) is 0 Å². The quantitative estimate of drug-likeness (QED) is 0.356. The van der Waals surface area contributed by atoms with E-state index in [1.54, 1.807) is 19.2 Å². The van der Waals surface area contributed by atoms with Crippen LogP contribution in [0, 0.1) is 0 Å². The molecule has 0 aliphatic rings. The molecule has 0 bridgehead atoms. The van der Waals surface area contributed by atoms with Crippen LogP contribution in [0.15, 0.2) is 77.7 Å². The second-order valence-electron chi connectivity index (χ2n) is 7.76. The minimum absolute atomic E-state index is 0.262. The summed E-state index contributed by atoms with van der Waals surface area (Å²) in [6.45, 7) is 4.54. The summed E-state index contributed by atoms with van der Waals surface area (Å²) >= 11 is 0. The summed E-state index contributed by atoms with van der Waals surface area (Å²) in [6.07, 6.45) is 1.53. The number of fused-ring (bicyclic) bond motifs is 1. The van der Waals surface area contributed by atoms with Crippen molar-refractivity contribution in [1.29, 1.82) is 0 Å². The van der Waals surface area contributed by atoms with Crippen molar-refractivity contribution < 1.29 is 13.2 Å². The molecule has 0 saturated heterocycles. The molecule has 0 fully saturated rings. The smallest absolute Gasteiger partial charge is 0.243 e. The maximum Gasteiger partial charge on any atom is 0.243 e. The van der Waals surface area contributed by atoms with Gasteiger partial charge < -0.3 is 4.74 Å². The maximum absolute atomic E-state index is 13.1. The maximum atomic E-state index is 13.1. The number of hydrogen-bond acceptors (Lipinski definition) is 4. The fourth-order valence-corrected chi connectivity index (χ4v) is 5.61. The molecule has 0 spiro atoms. The van der Waals surface area contributed by atoms with E-state index in [1.807, 2.05) is 62.4 Å². The van der Waals surface area contributed by atoms with Gasteiger partial charge in [0.1, 0.15) is 11.6 Å². The van der Waals surface area contributed by atoms with Gasteiger partial charge in [0.15, 0.2) is 0 Å². The zero-order valence-corrected chi connectivity index (χ0v) is 20.0. The summed E-state index contributed by atoms with van der Waals surface area (Å²) in [5.74, 6) is 1.59. The number of sulfonamides is 1. The zero-order chi connectivity index (χ0) is 23.4. The first-order valence-corrected chi connectivity index (χ1v) is 12.6. The van der Waals surface area contributed by atoms with Crippen LogP contribution >= 0.6 is 0 Å². The lowest BCUT2D eigenvalue weighted by Gasteiger charge is -2.18. The van der Waals surface area contributed by atoms with Crippen molar-refractivity contribution >= 4 is 21.1 Å². The van der Waals surface area contributed by atoms with Gasteiger partial charge in [0.25, 0.3) is 0 Å². The van der Waals surface area contributed by atoms with E-state index in [-0.39, 0.29) is 4.90 Å². The molecule has 3 aromatic carbocycles. The van der Waals surface area contributed by atoms with Gasteiger partial charge in [-0.1, -0.05) is 56.3 Å². The average Bonchev–Trinajstić information content (AvgIpc) is 3.21. The zero-order valence-electron chi connectivity index (χ0n) is 19.2. The van der Waals surface area contributed by atoms with Crippen molar-refractivity contribution in [3.8, 4) is 11.4 Å². The van der Waals surface area contributed by atoms with Gasteiger partial charge in [0, 0.05) is 19.5 Å². The van der Waals surface area contributed by atoms with Crippen LogP contribution in [0.3, 0.4) is 0 Å².